The van der Waals surface area contributed by atoms with E-state index in [1.807, 2.05) is 0 Å². The van der Waals surface area contributed by atoms with Crippen LogP contribution < -0.4 is 5.32 Å². The normalized spacial score (nSPS) is 25.3. The molecule has 0 bridgehead atoms. The van der Waals surface area contributed by atoms with E-state index >= 15 is 0 Å². The zero-order chi connectivity index (χ0) is 11.5. The summed E-state index contributed by atoms with van der Waals surface area (Å²) in [4.78, 5) is 2.59. The second-order valence-electron chi connectivity index (χ2n) is 5.56. The van der Waals surface area contributed by atoms with Crippen molar-refractivity contribution in [2.24, 2.45) is 5.92 Å². The van der Waals surface area contributed by atoms with Gasteiger partial charge in [-0.1, -0.05) is 30.3 Å². The van der Waals surface area contributed by atoms with Crippen LogP contribution in [-0.4, -0.2) is 30.6 Å². The van der Waals surface area contributed by atoms with Gasteiger partial charge in [0.25, 0.3) is 0 Å². The molecule has 1 heterocycles. The van der Waals surface area contributed by atoms with Gasteiger partial charge in [0, 0.05) is 19.1 Å². The van der Waals surface area contributed by atoms with Gasteiger partial charge >= 0.3 is 0 Å². The molecule has 0 radical (unpaired) electrons. The highest BCUT2D eigenvalue weighted by Crippen LogP contribution is 2.22. The average Bonchev–Trinajstić information content (AvgIpc) is 3.09. The van der Waals surface area contributed by atoms with Crippen molar-refractivity contribution in [3.8, 4) is 0 Å². The molecule has 1 saturated heterocycles. The smallest absolute Gasteiger partial charge is 0.0233 e. The molecule has 2 heteroatoms. The summed E-state index contributed by atoms with van der Waals surface area (Å²) in [5.74, 6) is 0.874. The van der Waals surface area contributed by atoms with E-state index in [4.69, 9.17) is 0 Å². The molecule has 0 unspecified atom stereocenters. The predicted molar refractivity (Wildman–Crippen MR) is 70.9 cm³/mol. The van der Waals surface area contributed by atoms with Crippen LogP contribution >= 0.6 is 0 Å². The summed E-state index contributed by atoms with van der Waals surface area (Å²) in [6, 6.07) is 11.7. The summed E-state index contributed by atoms with van der Waals surface area (Å²) in [6.07, 6.45) is 4.17. The fourth-order valence-electron chi connectivity index (χ4n) is 2.69. The minimum atomic E-state index is 0.859. The highest BCUT2D eigenvalue weighted by molar-refractivity contribution is 5.14. The molecule has 3 rings (SSSR count). The maximum Gasteiger partial charge on any atom is 0.0233 e. The second kappa shape index (κ2) is 5.19. The lowest BCUT2D eigenvalue weighted by Gasteiger charge is -2.16. The van der Waals surface area contributed by atoms with Crippen LogP contribution in [0.3, 0.4) is 0 Å². The average molecular weight is 230 g/mol. The molecule has 0 aromatic heterocycles. The molecule has 1 aromatic carbocycles. The summed E-state index contributed by atoms with van der Waals surface area (Å²) in [5.41, 5.74) is 1.45. The van der Waals surface area contributed by atoms with Gasteiger partial charge < -0.3 is 5.32 Å². The molecule has 1 saturated carbocycles. The molecular formula is C15H22N2. The van der Waals surface area contributed by atoms with Crippen LogP contribution in [0.1, 0.15) is 24.8 Å². The van der Waals surface area contributed by atoms with E-state index in [0.29, 0.717) is 0 Å². The van der Waals surface area contributed by atoms with E-state index in [-0.39, 0.29) is 0 Å². The van der Waals surface area contributed by atoms with E-state index in [1.54, 1.807) is 0 Å². The first-order valence-corrected chi connectivity index (χ1v) is 6.90. The molecule has 0 amide bonds. The Hall–Kier alpha value is -0.860. The Morgan fingerprint density at radius 2 is 1.94 bits per heavy atom. The van der Waals surface area contributed by atoms with Gasteiger partial charge in [0.1, 0.15) is 0 Å². The van der Waals surface area contributed by atoms with Gasteiger partial charge in [0.15, 0.2) is 0 Å². The lowest BCUT2D eigenvalue weighted by atomic mass is 10.1. The molecular weight excluding hydrogens is 208 g/mol. The highest BCUT2D eigenvalue weighted by Gasteiger charge is 2.25. The summed E-state index contributed by atoms with van der Waals surface area (Å²) >= 11 is 0. The standard InChI is InChI=1S/C15H22N2/c1-2-4-13(5-3-1)11-17-9-8-14(12-17)10-16-15-6-7-15/h1-5,14-16H,6-12H2/t14-/m0/s1. The van der Waals surface area contributed by atoms with Gasteiger partial charge in [-0.25, -0.2) is 0 Å². The van der Waals surface area contributed by atoms with Crippen LogP contribution in [0.25, 0.3) is 0 Å². The van der Waals surface area contributed by atoms with Gasteiger partial charge in [0.05, 0.1) is 0 Å². The van der Waals surface area contributed by atoms with E-state index in [0.717, 1.165) is 18.5 Å². The first-order valence-electron chi connectivity index (χ1n) is 6.90. The zero-order valence-electron chi connectivity index (χ0n) is 10.4. The molecule has 92 valence electrons. The van der Waals surface area contributed by atoms with Gasteiger partial charge in [0.2, 0.25) is 0 Å². The topological polar surface area (TPSA) is 15.3 Å². The van der Waals surface area contributed by atoms with Crippen molar-refractivity contribution in [2.75, 3.05) is 19.6 Å². The van der Waals surface area contributed by atoms with Crippen molar-refractivity contribution in [2.45, 2.75) is 31.8 Å². The molecule has 1 aliphatic carbocycles. The third-order valence-corrected chi connectivity index (χ3v) is 3.89. The Morgan fingerprint density at radius 3 is 2.71 bits per heavy atom. The fraction of sp³-hybridized carbons (Fsp3) is 0.600. The van der Waals surface area contributed by atoms with Crippen LogP contribution in [-0.2, 0) is 6.54 Å². The van der Waals surface area contributed by atoms with Crippen LogP contribution in [0.4, 0.5) is 0 Å². The Bertz CT molecular complexity index is 345. The van der Waals surface area contributed by atoms with Gasteiger partial charge in [-0.2, -0.15) is 0 Å². The van der Waals surface area contributed by atoms with Crippen LogP contribution in [0, 0.1) is 5.92 Å². The summed E-state index contributed by atoms with van der Waals surface area (Å²) in [7, 11) is 0. The van der Waals surface area contributed by atoms with Crippen molar-refractivity contribution in [1.82, 2.24) is 10.2 Å². The number of hydrogen-bond donors (Lipinski definition) is 1. The largest absolute Gasteiger partial charge is 0.314 e. The van der Waals surface area contributed by atoms with Crippen molar-refractivity contribution >= 4 is 0 Å². The van der Waals surface area contributed by atoms with E-state index in [1.165, 1.54) is 44.5 Å². The fourth-order valence-corrected chi connectivity index (χ4v) is 2.69. The van der Waals surface area contributed by atoms with Gasteiger partial charge in [-0.3, -0.25) is 4.90 Å². The zero-order valence-corrected chi connectivity index (χ0v) is 10.4. The van der Waals surface area contributed by atoms with E-state index in [2.05, 4.69) is 40.5 Å². The van der Waals surface area contributed by atoms with Gasteiger partial charge in [-0.15, -0.1) is 0 Å². The number of hydrogen-bond acceptors (Lipinski definition) is 2. The molecule has 1 aromatic rings. The first-order chi connectivity index (χ1) is 8.40. The van der Waals surface area contributed by atoms with Crippen LogP contribution in [0.15, 0.2) is 30.3 Å². The van der Waals surface area contributed by atoms with Crippen LogP contribution in [0.5, 0.6) is 0 Å². The van der Waals surface area contributed by atoms with E-state index < -0.39 is 0 Å². The molecule has 0 spiro atoms. The second-order valence-corrected chi connectivity index (χ2v) is 5.56. The number of nitrogens with one attached hydrogen (secondary N) is 1. The Kier molecular flexibility index (Phi) is 3.44. The summed E-state index contributed by atoms with van der Waals surface area (Å²) in [5, 5.41) is 3.66. The van der Waals surface area contributed by atoms with Crippen molar-refractivity contribution in [1.29, 1.82) is 0 Å². The van der Waals surface area contributed by atoms with Crippen molar-refractivity contribution in [3.05, 3.63) is 35.9 Å². The van der Waals surface area contributed by atoms with Gasteiger partial charge in [-0.05, 0) is 43.8 Å². The van der Waals surface area contributed by atoms with Crippen molar-refractivity contribution in [3.63, 3.8) is 0 Å². The molecule has 17 heavy (non-hydrogen) atoms. The SMILES string of the molecule is c1ccc(CN2CC[C@@H](CNC3CC3)C2)cc1. The number of benzene rings is 1. The third-order valence-electron chi connectivity index (χ3n) is 3.89. The minimum absolute atomic E-state index is 0.859. The van der Waals surface area contributed by atoms with Crippen LogP contribution in [0.2, 0.25) is 0 Å². The lowest BCUT2D eigenvalue weighted by Crippen LogP contribution is -2.27. The monoisotopic (exact) mass is 230 g/mol. The number of rotatable bonds is 5. The Labute approximate surface area is 104 Å². The van der Waals surface area contributed by atoms with Crippen molar-refractivity contribution < 1.29 is 0 Å². The first kappa shape index (κ1) is 11.2. The molecule has 1 N–H and O–H groups in total. The maximum atomic E-state index is 3.66. The molecule has 2 fully saturated rings. The quantitative estimate of drug-likeness (QED) is 0.834. The maximum absolute atomic E-state index is 3.66. The highest BCUT2D eigenvalue weighted by atomic mass is 15.1. The minimum Gasteiger partial charge on any atom is -0.314 e. The molecule has 1 atom stereocenters. The molecule has 1 aliphatic heterocycles. The third kappa shape index (κ3) is 3.30. The number of likely N-dealkylation sites (tertiary alicyclic amines) is 1. The Morgan fingerprint density at radius 1 is 1.12 bits per heavy atom. The summed E-state index contributed by atoms with van der Waals surface area (Å²) < 4.78 is 0. The molecule has 2 nitrogen and oxygen atoms in total. The molecule has 2 aliphatic rings. The van der Waals surface area contributed by atoms with E-state index in [9.17, 15) is 0 Å². The predicted octanol–water partition coefficient (Wildman–Crippen LogP) is 2.26. The lowest BCUT2D eigenvalue weighted by molar-refractivity contribution is 0.314. The summed E-state index contributed by atoms with van der Waals surface area (Å²) in [6.45, 7) is 4.90. The Balaban J connectivity index is 1.43. The number of nitrogens with zero attached hydrogens (tertiary/aromatic N) is 1.